The van der Waals surface area contributed by atoms with E-state index in [0.717, 1.165) is 42.9 Å². The second-order valence-electron chi connectivity index (χ2n) is 6.14. The standard InChI is InChI=1S/C16H23N3O2S/c1-11(16(20)21)10-19(8-7-18(2)3)15-13(9-17)12-5-4-6-14(12)22-15/h11H,4-8,10H2,1-3H3,(H,20,21). The van der Waals surface area contributed by atoms with Crippen LogP contribution in [0.4, 0.5) is 5.00 Å². The van der Waals surface area contributed by atoms with E-state index < -0.39 is 11.9 Å². The van der Waals surface area contributed by atoms with Crippen LogP contribution in [-0.4, -0.2) is 49.7 Å². The zero-order valence-corrected chi connectivity index (χ0v) is 14.2. The van der Waals surface area contributed by atoms with Crippen LogP contribution in [0.15, 0.2) is 0 Å². The molecule has 1 aliphatic rings. The molecule has 0 fully saturated rings. The molecule has 0 aromatic carbocycles. The molecule has 1 atom stereocenters. The summed E-state index contributed by atoms with van der Waals surface area (Å²) in [6.07, 6.45) is 3.15. The highest BCUT2D eigenvalue weighted by Crippen LogP contribution is 2.40. The van der Waals surface area contributed by atoms with Gasteiger partial charge in [0.1, 0.15) is 11.1 Å². The lowest BCUT2D eigenvalue weighted by molar-refractivity contribution is -0.140. The maximum atomic E-state index is 11.2. The van der Waals surface area contributed by atoms with Crippen LogP contribution in [0, 0.1) is 17.2 Å². The molecular weight excluding hydrogens is 298 g/mol. The molecule has 1 heterocycles. The number of carboxylic acid groups (broad SMARTS) is 1. The minimum Gasteiger partial charge on any atom is -0.481 e. The quantitative estimate of drug-likeness (QED) is 0.834. The number of carboxylic acids is 1. The van der Waals surface area contributed by atoms with Gasteiger partial charge < -0.3 is 14.9 Å². The van der Waals surface area contributed by atoms with Crippen molar-refractivity contribution in [3.05, 3.63) is 16.0 Å². The van der Waals surface area contributed by atoms with E-state index in [4.69, 9.17) is 0 Å². The summed E-state index contributed by atoms with van der Waals surface area (Å²) in [4.78, 5) is 16.7. The summed E-state index contributed by atoms with van der Waals surface area (Å²) in [7, 11) is 4.00. The number of hydrogen-bond acceptors (Lipinski definition) is 5. The molecule has 5 nitrogen and oxygen atoms in total. The fourth-order valence-electron chi connectivity index (χ4n) is 2.73. The van der Waals surface area contributed by atoms with Crippen molar-refractivity contribution in [1.29, 1.82) is 5.26 Å². The van der Waals surface area contributed by atoms with Gasteiger partial charge in [-0.2, -0.15) is 5.26 Å². The number of fused-ring (bicyclic) bond motifs is 1. The number of rotatable bonds is 7. The molecule has 0 radical (unpaired) electrons. The fraction of sp³-hybridized carbons (Fsp3) is 0.625. The highest BCUT2D eigenvalue weighted by Gasteiger charge is 2.26. The van der Waals surface area contributed by atoms with Gasteiger partial charge in [0.2, 0.25) is 0 Å². The van der Waals surface area contributed by atoms with Crippen molar-refractivity contribution in [3.63, 3.8) is 0 Å². The number of hydrogen-bond donors (Lipinski definition) is 1. The van der Waals surface area contributed by atoms with E-state index in [1.807, 2.05) is 14.1 Å². The van der Waals surface area contributed by atoms with Gasteiger partial charge in [-0.1, -0.05) is 6.92 Å². The predicted molar refractivity (Wildman–Crippen MR) is 88.6 cm³/mol. The Morgan fingerprint density at radius 3 is 2.73 bits per heavy atom. The Bertz CT molecular complexity index is 589. The highest BCUT2D eigenvalue weighted by molar-refractivity contribution is 7.16. The van der Waals surface area contributed by atoms with Crippen molar-refractivity contribution in [2.45, 2.75) is 26.2 Å². The number of nitriles is 1. The van der Waals surface area contributed by atoms with Crippen LogP contribution in [0.25, 0.3) is 0 Å². The van der Waals surface area contributed by atoms with Crippen LogP contribution in [0.1, 0.15) is 29.3 Å². The zero-order chi connectivity index (χ0) is 16.3. The number of carbonyl (C=O) groups is 1. The van der Waals surface area contributed by atoms with Gasteiger partial charge in [-0.25, -0.2) is 0 Å². The third-order valence-corrected chi connectivity index (χ3v) is 5.39. The van der Waals surface area contributed by atoms with E-state index >= 15 is 0 Å². The summed E-state index contributed by atoms with van der Waals surface area (Å²) in [5.74, 6) is -1.25. The average Bonchev–Trinajstić information content (AvgIpc) is 3.02. The van der Waals surface area contributed by atoms with Crippen molar-refractivity contribution in [3.8, 4) is 6.07 Å². The molecule has 0 spiro atoms. The van der Waals surface area contributed by atoms with Crippen molar-refractivity contribution < 1.29 is 9.90 Å². The Labute approximate surface area is 135 Å². The number of thiophene rings is 1. The minimum absolute atomic E-state index is 0.442. The second kappa shape index (κ2) is 7.12. The van der Waals surface area contributed by atoms with Crippen molar-refractivity contribution in [2.24, 2.45) is 5.92 Å². The SMILES string of the molecule is CC(CN(CCN(C)C)c1sc2c(c1C#N)CCC2)C(=O)O. The summed E-state index contributed by atoms with van der Waals surface area (Å²) in [6.45, 7) is 3.73. The maximum absolute atomic E-state index is 11.2. The average molecular weight is 321 g/mol. The third kappa shape index (κ3) is 3.60. The summed E-state index contributed by atoms with van der Waals surface area (Å²) < 4.78 is 0. The van der Waals surface area contributed by atoms with Crippen LogP contribution < -0.4 is 4.90 Å². The van der Waals surface area contributed by atoms with Gasteiger partial charge in [0.15, 0.2) is 0 Å². The van der Waals surface area contributed by atoms with Gasteiger partial charge in [-0.15, -0.1) is 11.3 Å². The van der Waals surface area contributed by atoms with Gasteiger partial charge in [-0.05, 0) is 38.9 Å². The molecule has 0 saturated heterocycles. The Morgan fingerprint density at radius 2 is 2.14 bits per heavy atom. The smallest absolute Gasteiger partial charge is 0.308 e. The molecule has 22 heavy (non-hydrogen) atoms. The van der Waals surface area contributed by atoms with Crippen LogP contribution >= 0.6 is 11.3 Å². The first kappa shape index (κ1) is 16.8. The first-order valence-corrected chi connectivity index (χ1v) is 8.42. The molecule has 0 amide bonds. The number of aliphatic carboxylic acids is 1. The molecule has 0 aliphatic heterocycles. The molecule has 120 valence electrons. The summed E-state index contributed by atoms with van der Waals surface area (Å²) in [5.41, 5.74) is 1.97. The van der Waals surface area contributed by atoms with Crippen LogP contribution in [0.2, 0.25) is 0 Å². The number of anilines is 1. The minimum atomic E-state index is -0.794. The van der Waals surface area contributed by atoms with Crippen LogP contribution in [0.5, 0.6) is 0 Å². The Hall–Kier alpha value is -1.58. The third-order valence-electron chi connectivity index (χ3n) is 4.03. The number of nitrogens with zero attached hydrogens (tertiary/aromatic N) is 3. The first-order valence-electron chi connectivity index (χ1n) is 7.61. The van der Waals surface area contributed by atoms with Gasteiger partial charge in [0.05, 0.1) is 11.5 Å². The molecule has 0 bridgehead atoms. The monoisotopic (exact) mass is 321 g/mol. The Kier molecular flexibility index (Phi) is 5.43. The normalized spacial score (nSPS) is 14.7. The molecule has 1 aromatic heterocycles. The van der Waals surface area contributed by atoms with Gasteiger partial charge in [0, 0.05) is 24.5 Å². The van der Waals surface area contributed by atoms with E-state index in [-0.39, 0.29) is 0 Å². The van der Waals surface area contributed by atoms with Crippen LogP contribution in [0.3, 0.4) is 0 Å². The molecule has 1 N–H and O–H groups in total. The second-order valence-corrected chi connectivity index (χ2v) is 7.22. The summed E-state index contributed by atoms with van der Waals surface area (Å²) >= 11 is 1.68. The van der Waals surface area contributed by atoms with Crippen molar-refractivity contribution in [1.82, 2.24) is 4.90 Å². The molecule has 1 aromatic rings. The highest BCUT2D eigenvalue weighted by atomic mass is 32.1. The van der Waals surface area contributed by atoms with Gasteiger partial charge in [-0.3, -0.25) is 4.79 Å². The van der Waals surface area contributed by atoms with E-state index in [1.54, 1.807) is 18.3 Å². The Morgan fingerprint density at radius 1 is 1.41 bits per heavy atom. The van der Waals surface area contributed by atoms with Gasteiger partial charge in [0.25, 0.3) is 0 Å². The van der Waals surface area contributed by atoms with Crippen LogP contribution in [-0.2, 0) is 17.6 Å². The van der Waals surface area contributed by atoms with Gasteiger partial charge >= 0.3 is 5.97 Å². The van der Waals surface area contributed by atoms with Crippen molar-refractivity contribution >= 4 is 22.3 Å². The zero-order valence-electron chi connectivity index (χ0n) is 13.4. The molecule has 6 heteroatoms. The molecular formula is C16H23N3O2S. The number of likely N-dealkylation sites (N-methyl/N-ethyl adjacent to an activating group) is 1. The lowest BCUT2D eigenvalue weighted by Crippen LogP contribution is -2.36. The molecule has 1 unspecified atom stereocenters. The van der Waals surface area contributed by atoms with E-state index in [1.165, 1.54) is 10.4 Å². The largest absolute Gasteiger partial charge is 0.481 e. The lowest BCUT2D eigenvalue weighted by Gasteiger charge is -2.27. The summed E-state index contributed by atoms with van der Waals surface area (Å²) in [5, 5.41) is 19.7. The van der Waals surface area contributed by atoms with E-state index in [0.29, 0.717) is 6.54 Å². The first-order chi connectivity index (χ1) is 10.4. The molecule has 1 aliphatic carbocycles. The Balaban J connectivity index is 2.28. The van der Waals surface area contributed by atoms with Crippen molar-refractivity contribution in [2.75, 3.05) is 38.6 Å². The fourth-order valence-corrected chi connectivity index (χ4v) is 4.11. The number of aryl methyl sites for hydroxylation is 1. The molecule has 2 rings (SSSR count). The topological polar surface area (TPSA) is 67.6 Å². The predicted octanol–water partition coefficient (Wildman–Crippen LogP) is 2.20. The lowest BCUT2D eigenvalue weighted by atomic mass is 10.1. The van der Waals surface area contributed by atoms with E-state index in [9.17, 15) is 15.2 Å². The van der Waals surface area contributed by atoms with E-state index in [2.05, 4.69) is 15.9 Å². The maximum Gasteiger partial charge on any atom is 0.308 e. The summed E-state index contributed by atoms with van der Waals surface area (Å²) in [6, 6.07) is 2.35. The molecule has 0 saturated carbocycles.